The van der Waals surface area contributed by atoms with Crippen LogP contribution in [0.15, 0.2) is 83.2 Å². The second kappa shape index (κ2) is 15.9. The number of para-hydroxylation sites is 2. The van der Waals surface area contributed by atoms with Crippen molar-refractivity contribution in [2.45, 2.75) is 76.7 Å². The minimum absolute atomic E-state index is 0.0752. The lowest BCUT2D eigenvalue weighted by Gasteiger charge is -2.33. The van der Waals surface area contributed by atoms with Gasteiger partial charge in [0.15, 0.2) is 11.5 Å². The summed E-state index contributed by atoms with van der Waals surface area (Å²) < 4.78 is 39.5. The predicted octanol–water partition coefficient (Wildman–Crippen LogP) is 4.50. The summed E-state index contributed by atoms with van der Waals surface area (Å²) in [4.78, 5) is 41.2. The molecule has 0 saturated heterocycles. The van der Waals surface area contributed by atoms with Crippen molar-refractivity contribution in [1.82, 2.24) is 10.6 Å². The number of ketones is 1. The predicted molar refractivity (Wildman–Crippen MR) is 213 cm³/mol. The van der Waals surface area contributed by atoms with Gasteiger partial charge in [-0.25, -0.2) is 8.42 Å². The first-order valence-electron chi connectivity index (χ1n) is 18.9. The second-order valence-electron chi connectivity index (χ2n) is 16.9. The number of Topliss-reactive ketones (excluding diaryl/α,β-unsaturated/α-hetero) is 1. The molecule has 0 spiro atoms. The Labute approximate surface area is 325 Å². The summed E-state index contributed by atoms with van der Waals surface area (Å²) in [6, 6.07) is 14.7. The van der Waals surface area contributed by atoms with Crippen LogP contribution in [-0.2, 0) is 35.3 Å². The van der Waals surface area contributed by atoms with E-state index in [0.29, 0.717) is 12.8 Å². The highest BCUT2D eigenvalue weighted by Crippen LogP contribution is 2.49. The quantitative estimate of drug-likeness (QED) is 0.0692. The van der Waals surface area contributed by atoms with Gasteiger partial charge in [0.25, 0.3) is 0 Å². The van der Waals surface area contributed by atoms with Gasteiger partial charge in [-0.05, 0) is 57.2 Å². The maximum atomic E-state index is 14.4. The van der Waals surface area contributed by atoms with Crippen LogP contribution in [0.3, 0.4) is 0 Å². The molecule has 1 amide bonds. The van der Waals surface area contributed by atoms with Gasteiger partial charge < -0.3 is 29.7 Å². The number of fused-ring (bicyclic) bond motifs is 2. The number of carbonyl (C=O) groups is 3. The van der Waals surface area contributed by atoms with Crippen LogP contribution in [0.5, 0.6) is 0 Å². The molecule has 2 aromatic rings. The minimum atomic E-state index is -4.90. The number of rotatable bonds is 17. The van der Waals surface area contributed by atoms with Gasteiger partial charge in [0.1, 0.15) is 13.1 Å². The number of unbranched alkanes of at least 4 members (excludes halogenated alkanes) is 2. The third-order valence-corrected chi connectivity index (χ3v) is 11.7. The largest absolute Gasteiger partial charge is 0.748 e. The van der Waals surface area contributed by atoms with E-state index < -0.39 is 44.6 Å². The first-order chi connectivity index (χ1) is 25.6. The molecule has 5 rings (SSSR count). The van der Waals surface area contributed by atoms with E-state index in [2.05, 4.69) is 82.6 Å². The van der Waals surface area contributed by atoms with E-state index in [9.17, 15) is 27.4 Å². The highest BCUT2D eigenvalue weighted by molar-refractivity contribution is 7.85. The Kier molecular flexibility index (Phi) is 12.0. The fraction of sp³-hybridized carbons (Fsp3) is 0.476. The first kappa shape index (κ1) is 41.6. The highest BCUT2D eigenvalue weighted by Gasteiger charge is 2.47. The molecule has 1 atom stereocenters. The molecule has 1 aliphatic carbocycles. The van der Waals surface area contributed by atoms with E-state index in [0.717, 1.165) is 64.3 Å². The Morgan fingerprint density at radius 1 is 0.945 bits per heavy atom. The average Bonchev–Trinajstić information content (AvgIpc) is 3.43. The van der Waals surface area contributed by atoms with Crippen molar-refractivity contribution in [3.8, 4) is 0 Å². The Balaban J connectivity index is 1.60. The zero-order chi connectivity index (χ0) is 40.5. The lowest BCUT2D eigenvalue weighted by Crippen LogP contribution is -2.50. The van der Waals surface area contributed by atoms with Gasteiger partial charge in [-0.2, -0.15) is 4.58 Å². The molecule has 0 aromatic heterocycles. The number of hydrogen-bond donors (Lipinski definition) is 3. The van der Waals surface area contributed by atoms with Crippen molar-refractivity contribution >= 4 is 44.9 Å². The molecular formula is C42H56N5O7S+. The topological polar surface area (TPSA) is 159 Å². The summed E-state index contributed by atoms with van der Waals surface area (Å²) in [5.41, 5.74) is 5.87. The van der Waals surface area contributed by atoms with E-state index in [-0.39, 0.29) is 35.6 Å². The summed E-state index contributed by atoms with van der Waals surface area (Å²) in [6.45, 7) is 10.2. The molecule has 13 heteroatoms. The molecular weight excluding hydrogens is 719 g/mol. The summed E-state index contributed by atoms with van der Waals surface area (Å²) in [6.07, 6.45) is 6.15. The van der Waals surface area contributed by atoms with Crippen LogP contribution >= 0.6 is 0 Å². The minimum Gasteiger partial charge on any atom is -0.748 e. The third-order valence-electron chi connectivity index (χ3n) is 10.9. The van der Waals surface area contributed by atoms with E-state index in [1.54, 1.807) is 6.08 Å². The number of quaternary nitrogens is 1. The number of carboxylic acids is 1. The number of hydrogen-bond acceptors (Lipinski definition) is 8. The molecule has 0 saturated carbocycles. The smallest absolute Gasteiger partial charge is 0.303 e. The van der Waals surface area contributed by atoms with E-state index in [1.165, 1.54) is 0 Å². The molecule has 2 aliphatic heterocycles. The van der Waals surface area contributed by atoms with Crippen molar-refractivity contribution in [3.63, 3.8) is 0 Å². The maximum absolute atomic E-state index is 14.4. The Bertz CT molecular complexity index is 2100. The van der Waals surface area contributed by atoms with Gasteiger partial charge in [-0.3, -0.25) is 14.4 Å². The van der Waals surface area contributed by atoms with E-state index in [1.807, 2.05) is 48.0 Å². The van der Waals surface area contributed by atoms with Gasteiger partial charge in [-0.15, -0.1) is 0 Å². The van der Waals surface area contributed by atoms with Crippen molar-refractivity contribution in [1.29, 1.82) is 0 Å². The second-order valence-corrected chi connectivity index (χ2v) is 18.3. The van der Waals surface area contributed by atoms with Gasteiger partial charge in [0.05, 0.1) is 60.2 Å². The first-order valence-corrected chi connectivity index (χ1v) is 20.5. The molecule has 0 fully saturated rings. The van der Waals surface area contributed by atoms with Crippen LogP contribution in [0.4, 0.5) is 11.4 Å². The van der Waals surface area contributed by atoms with Crippen molar-refractivity contribution in [3.05, 3.63) is 94.4 Å². The zero-order valence-corrected chi connectivity index (χ0v) is 34.2. The van der Waals surface area contributed by atoms with Crippen LogP contribution < -0.4 is 15.5 Å². The Morgan fingerprint density at radius 2 is 1.60 bits per heavy atom. The van der Waals surface area contributed by atoms with Crippen molar-refractivity contribution < 1.29 is 41.5 Å². The summed E-state index contributed by atoms with van der Waals surface area (Å²) in [7, 11) is 3.53. The van der Waals surface area contributed by atoms with Crippen LogP contribution in [0.25, 0.3) is 0 Å². The molecule has 3 N–H and O–H groups in total. The molecule has 12 nitrogen and oxygen atoms in total. The summed E-state index contributed by atoms with van der Waals surface area (Å²) >= 11 is 0. The lowest BCUT2D eigenvalue weighted by atomic mass is 9.77. The molecule has 296 valence electrons. The molecule has 2 heterocycles. The van der Waals surface area contributed by atoms with Crippen molar-refractivity contribution in [2.24, 2.45) is 0 Å². The van der Waals surface area contributed by atoms with Gasteiger partial charge in [0.2, 0.25) is 11.6 Å². The average molecular weight is 775 g/mol. The number of anilines is 1. The molecule has 3 aliphatic rings. The van der Waals surface area contributed by atoms with E-state index >= 15 is 0 Å². The fourth-order valence-electron chi connectivity index (χ4n) is 7.91. The Morgan fingerprint density at radius 3 is 2.24 bits per heavy atom. The normalized spacial score (nSPS) is 19.4. The summed E-state index contributed by atoms with van der Waals surface area (Å²) in [5.74, 6) is -3.01. The number of benzene rings is 2. The molecule has 1 unspecified atom stereocenters. The SMILES string of the molecule is C[N+]1=C(/C=C2\C(=O)C(/C=C3/N(CCCC[N+](C)(C)C)c4ccccc4C3(C)C)=C2NC(CS(=O)(=O)[O-])C(=O)NCCCCC(=O)O)C(C)(C)c2ccccc21. The standard InChI is InChI=1S/C42H55N5O7S/c1-41(2)30-17-9-11-19-33(30)45(5)35(41)25-28-38(44-32(27-55(52,53)54)40(51)43-22-14-13-21-37(48)49)29(39(28)50)26-36-42(3,4)31-18-10-12-20-34(31)46(36)23-15-16-24-47(6,7)8/h9-12,17-20,25-26,32H,13-16,21-24,27H2,1-8H3,(H2-2,43,44,48,49,50,51,52,53,54)/p+1. The molecule has 55 heavy (non-hydrogen) atoms. The zero-order valence-electron chi connectivity index (χ0n) is 33.4. The number of carbonyl (C=O) groups excluding carboxylic acids is 2. The number of aliphatic carboxylic acids is 1. The van der Waals surface area contributed by atoms with Gasteiger partial charge in [0, 0.05) is 59.6 Å². The molecule has 0 bridgehead atoms. The van der Waals surface area contributed by atoms with Crippen LogP contribution in [-0.4, -0.2) is 110 Å². The van der Waals surface area contributed by atoms with Gasteiger partial charge in [-0.1, -0.05) is 50.2 Å². The monoisotopic (exact) mass is 774 g/mol. The maximum Gasteiger partial charge on any atom is 0.303 e. The van der Waals surface area contributed by atoms with Crippen molar-refractivity contribution in [2.75, 3.05) is 58.5 Å². The molecule has 0 radical (unpaired) electrons. The molecule has 2 aromatic carbocycles. The number of carboxylic acid groups (broad SMARTS) is 1. The highest BCUT2D eigenvalue weighted by atomic mass is 32.2. The van der Waals surface area contributed by atoms with Crippen LogP contribution in [0.2, 0.25) is 0 Å². The fourth-order valence-corrected chi connectivity index (χ4v) is 8.56. The number of nitrogens with one attached hydrogen (secondary N) is 2. The van der Waals surface area contributed by atoms with E-state index in [4.69, 9.17) is 5.11 Å². The lowest BCUT2D eigenvalue weighted by molar-refractivity contribution is -0.870. The summed E-state index contributed by atoms with van der Waals surface area (Å²) in [5, 5.41) is 14.7. The number of amides is 1. The van der Waals surface area contributed by atoms with Gasteiger partial charge >= 0.3 is 5.97 Å². The number of allylic oxidation sites excluding steroid dienone is 5. The van der Waals surface area contributed by atoms with Crippen LogP contribution in [0.1, 0.15) is 70.9 Å². The number of nitrogens with zero attached hydrogens (tertiary/aromatic N) is 3. The Hall–Kier alpha value is -4.59. The third kappa shape index (κ3) is 9.11. The van der Waals surface area contributed by atoms with Crippen LogP contribution in [0, 0.1) is 0 Å².